The number of para-hydroxylation sites is 1. The van der Waals surface area contributed by atoms with Crippen LogP contribution in [0.25, 0.3) is 10.9 Å². The molecule has 0 radical (unpaired) electrons. The van der Waals surface area contributed by atoms with E-state index in [-0.39, 0.29) is 36.1 Å². The number of aryl methyl sites for hydroxylation is 1. The van der Waals surface area contributed by atoms with Crippen LogP contribution in [0.3, 0.4) is 0 Å². The summed E-state index contributed by atoms with van der Waals surface area (Å²) in [7, 11) is 0. The Morgan fingerprint density at radius 2 is 2.06 bits per heavy atom. The van der Waals surface area contributed by atoms with Crippen molar-refractivity contribution in [1.82, 2.24) is 19.4 Å². The molecule has 0 saturated carbocycles. The fourth-order valence-corrected chi connectivity index (χ4v) is 4.69. The molecule has 0 unspecified atom stereocenters. The molecular weight excluding hydrogens is 430 g/mol. The molecule has 32 heavy (non-hydrogen) atoms. The molecule has 3 aromatic heterocycles. The average molecular weight is 449 g/mol. The number of aromatic nitrogens is 3. The van der Waals surface area contributed by atoms with E-state index in [1.807, 2.05) is 6.07 Å². The van der Waals surface area contributed by atoms with Gasteiger partial charge in [0.1, 0.15) is 0 Å². The predicted octanol–water partition coefficient (Wildman–Crippen LogP) is 2.67. The lowest BCUT2D eigenvalue weighted by Crippen LogP contribution is -2.36. The summed E-state index contributed by atoms with van der Waals surface area (Å²) >= 11 is 1.36. The van der Waals surface area contributed by atoms with E-state index in [4.69, 9.17) is 4.42 Å². The van der Waals surface area contributed by atoms with Crippen molar-refractivity contribution in [3.63, 3.8) is 0 Å². The van der Waals surface area contributed by atoms with Gasteiger partial charge in [-0.3, -0.25) is 24.3 Å². The Kier molecular flexibility index (Phi) is 5.28. The highest BCUT2D eigenvalue weighted by molar-refractivity contribution is 7.15. The summed E-state index contributed by atoms with van der Waals surface area (Å²) in [5.74, 6) is -0.179. The molecule has 0 atom stereocenters. The summed E-state index contributed by atoms with van der Waals surface area (Å²) in [5, 5.41) is 3.77. The van der Waals surface area contributed by atoms with Crippen molar-refractivity contribution in [2.24, 2.45) is 0 Å². The van der Waals surface area contributed by atoms with Crippen molar-refractivity contribution in [1.29, 1.82) is 0 Å². The minimum absolute atomic E-state index is 0.0368. The Balaban J connectivity index is 1.22. The molecule has 0 fully saturated rings. The standard InChI is InChI=1S/C22H19N5O4S/c28-19(8-10-27-13-23-15-5-2-1-4-14(15)21(27)30)26-9-7-16-18(12-26)32-22(24-16)25-20(29)17-6-3-11-31-17/h1-6,11,13H,7-10,12H2,(H,24,25,29). The fourth-order valence-electron chi connectivity index (χ4n) is 3.67. The molecule has 4 heterocycles. The number of fused-ring (bicyclic) bond motifs is 2. The van der Waals surface area contributed by atoms with Gasteiger partial charge in [0.25, 0.3) is 11.5 Å². The number of nitrogens with zero attached hydrogens (tertiary/aromatic N) is 4. The SMILES string of the molecule is O=C(Nc1nc2c(s1)CN(C(=O)CCn1cnc3ccccc3c1=O)CC2)c1ccco1. The number of nitrogens with one attached hydrogen (secondary N) is 1. The van der Waals surface area contributed by atoms with Crippen LogP contribution in [0.4, 0.5) is 5.13 Å². The molecule has 0 bridgehead atoms. The number of carbonyl (C=O) groups excluding carboxylic acids is 2. The second kappa shape index (κ2) is 8.39. The maximum absolute atomic E-state index is 12.8. The quantitative estimate of drug-likeness (QED) is 0.502. The summed E-state index contributed by atoms with van der Waals surface area (Å²) in [6.45, 7) is 1.26. The van der Waals surface area contributed by atoms with Crippen LogP contribution >= 0.6 is 11.3 Å². The highest BCUT2D eigenvalue weighted by atomic mass is 32.1. The molecule has 1 aliphatic rings. The Morgan fingerprint density at radius 1 is 1.19 bits per heavy atom. The van der Waals surface area contributed by atoms with Gasteiger partial charge < -0.3 is 9.32 Å². The van der Waals surface area contributed by atoms with Crippen LogP contribution in [0.1, 0.15) is 27.5 Å². The molecule has 9 nitrogen and oxygen atoms in total. The summed E-state index contributed by atoms with van der Waals surface area (Å²) in [5.41, 5.74) is 1.39. The number of furan rings is 1. The Morgan fingerprint density at radius 3 is 2.91 bits per heavy atom. The second-order valence-electron chi connectivity index (χ2n) is 7.40. The van der Waals surface area contributed by atoms with Crippen LogP contribution < -0.4 is 10.9 Å². The molecule has 1 aromatic carbocycles. The van der Waals surface area contributed by atoms with E-state index in [9.17, 15) is 14.4 Å². The Labute approximate surface area is 186 Å². The normalized spacial score (nSPS) is 13.2. The molecule has 10 heteroatoms. The van der Waals surface area contributed by atoms with Gasteiger partial charge in [0.2, 0.25) is 5.91 Å². The molecule has 5 rings (SSSR count). The number of hydrogen-bond donors (Lipinski definition) is 1. The second-order valence-corrected chi connectivity index (χ2v) is 8.48. The maximum atomic E-state index is 12.8. The highest BCUT2D eigenvalue weighted by Crippen LogP contribution is 2.29. The Hall–Kier alpha value is -3.79. The van der Waals surface area contributed by atoms with Crippen molar-refractivity contribution in [2.75, 3.05) is 11.9 Å². The van der Waals surface area contributed by atoms with E-state index < -0.39 is 0 Å². The lowest BCUT2D eigenvalue weighted by molar-refractivity contribution is -0.132. The van der Waals surface area contributed by atoms with Crippen LogP contribution in [-0.4, -0.2) is 37.8 Å². The van der Waals surface area contributed by atoms with Crippen molar-refractivity contribution in [3.05, 3.63) is 75.7 Å². The zero-order chi connectivity index (χ0) is 22.1. The van der Waals surface area contributed by atoms with Gasteiger partial charge in [0.15, 0.2) is 10.9 Å². The van der Waals surface area contributed by atoms with E-state index >= 15 is 0 Å². The number of hydrogen-bond acceptors (Lipinski definition) is 7. The van der Waals surface area contributed by atoms with Crippen LogP contribution in [0, 0.1) is 0 Å². The minimum atomic E-state index is -0.358. The largest absolute Gasteiger partial charge is 0.459 e. The zero-order valence-electron chi connectivity index (χ0n) is 17.0. The number of rotatable bonds is 5. The van der Waals surface area contributed by atoms with Gasteiger partial charge in [-0.15, -0.1) is 0 Å². The molecular formula is C22H19N5O4S. The Bertz CT molecular complexity index is 1360. The van der Waals surface area contributed by atoms with E-state index in [0.29, 0.717) is 35.5 Å². The van der Waals surface area contributed by atoms with Crippen LogP contribution in [0.5, 0.6) is 0 Å². The molecule has 4 aromatic rings. The van der Waals surface area contributed by atoms with E-state index in [2.05, 4.69) is 15.3 Å². The molecule has 0 saturated heterocycles. The number of thiazole rings is 1. The van der Waals surface area contributed by atoms with E-state index in [1.54, 1.807) is 35.2 Å². The number of benzene rings is 1. The zero-order valence-corrected chi connectivity index (χ0v) is 17.8. The summed E-state index contributed by atoms with van der Waals surface area (Å²) in [6, 6.07) is 10.4. The minimum Gasteiger partial charge on any atom is -0.459 e. The molecule has 2 amide bonds. The van der Waals surface area contributed by atoms with E-state index in [0.717, 1.165) is 10.6 Å². The smallest absolute Gasteiger partial charge is 0.293 e. The first-order valence-corrected chi connectivity index (χ1v) is 11.0. The van der Waals surface area contributed by atoms with Gasteiger partial charge in [-0.25, -0.2) is 9.97 Å². The van der Waals surface area contributed by atoms with Crippen molar-refractivity contribution in [3.8, 4) is 0 Å². The highest BCUT2D eigenvalue weighted by Gasteiger charge is 2.25. The first-order chi connectivity index (χ1) is 15.6. The average Bonchev–Trinajstić information content (AvgIpc) is 3.48. The number of anilines is 1. The third kappa shape index (κ3) is 3.92. The third-order valence-electron chi connectivity index (χ3n) is 5.35. The summed E-state index contributed by atoms with van der Waals surface area (Å²) in [6.07, 6.45) is 3.75. The monoisotopic (exact) mass is 449 g/mol. The fraction of sp³-hybridized carbons (Fsp3) is 0.227. The summed E-state index contributed by atoms with van der Waals surface area (Å²) < 4.78 is 6.57. The van der Waals surface area contributed by atoms with Gasteiger partial charge in [-0.1, -0.05) is 23.5 Å². The maximum Gasteiger partial charge on any atom is 0.293 e. The van der Waals surface area contributed by atoms with Gasteiger partial charge in [-0.05, 0) is 24.3 Å². The van der Waals surface area contributed by atoms with Crippen molar-refractivity contribution < 1.29 is 14.0 Å². The predicted molar refractivity (Wildman–Crippen MR) is 119 cm³/mol. The van der Waals surface area contributed by atoms with Crippen LogP contribution in [0.2, 0.25) is 0 Å². The first kappa shape index (κ1) is 20.1. The number of carbonyl (C=O) groups is 2. The van der Waals surface area contributed by atoms with Gasteiger partial charge in [0.05, 0.1) is 35.7 Å². The van der Waals surface area contributed by atoms with Crippen molar-refractivity contribution in [2.45, 2.75) is 25.9 Å². The van der Waals surface area contributed by atoms with Gasteiger partial charge >= 0.3 is 0 Å². The number of amides is 2. The van der Waals surface area contributed by atoms with Crippen LogP contribution in [-0.2, 0) is 24.3 Å². The molecule has 1 aliphatic heterocycles. The first-order valence-electron chi connectivity index (χ1n) is 10.1. The lowest BCUT2D eigenvalue weighted by atomic mass is 10.1. The lowest BCUT2D eigenvalue weighted by Gasteiger charge is -2.26. The molecule has 0 spiro atoms. The summed E-state index contributed by atoms with van der Waals surface area (Å²) in [4.78, 5) is 49.0. The topological polar surface area (TPSA) is 110 Å². The van der Waals surface area contributed by atoms with E-state index in [1.165, 1.54) is 28.5 Å². The van der Waals surface area contributed by atoms with Crippen molar-refractivity contribution >= 4 is 39.2 Å². The van der Waals surface area contributed by atoms with Crippen LogP contribution in [0.15, 0.2) is 58.2 Å². The van der Waals surface area contributed by atoms with Gasteiger partial charge in [0, 0.05) is 30.8 Å². The van der Waals surface area contributed by atoms with Gasteiger partial charge in [-0.2, -0.15) is 0 Å². The molecule has 1 N–H and O–H groups in total. The molecule has 162 valence electrons. The third-order valence-corrected chi connectivity index (χ3v) is 6.35. The molecule has 0 aliphatic carbocycles.